The van der Waals surface area contributed by atoms with Crippen molar-refractivity contribution in [2.45, 2.75) is 63.4 Å². The number of aliphatic carboxylic acids is 2. The van der Waals surface area contributed by atoms with Crippen LogP contribution in [-0.2, 0) is 9.59 Å². The molecule has 0 aromatic carbocycles. The normalized spacial score (nSPS) is 15.9. The van der Waals surface area contributed by atoms with Gasteiger partial charge in [-0.25, -0.2) is 4.79 Å². The Kier molecular flexibility index (Phi) is 14.0. The van der Waals surface area contributed by atoms with Crippen molar-refractivity contribution in [1.29, 1.82) is 0 Å². The lowest BCUT2D eigenvalue weighted by molar-refractivity contribution is -0.164. The second-order valence-electron chi connectivity index (χ2n) is 4.72. The van der Waals surface area contributed by atoms with Gasteiger partial charge in [0.25, 0.3) is 0 Å². The second kappa shape index (κ2) is 13.4. The average molecular weight is 326 g/mol. The zero-order valence-corrected chi connectivity index (χ0v) is 12.5. The predicted molar refractivity (Wildman–Crippen MR) is 75.1 cm³/mol. The molecule has 0 spiro atoms. The first kappa shape index (κ1) is 23.0. The highest BCUT2D eigenvalue weighted by Crippen LogP contribution is 2.04. The van der Waals surface area contributed by atoms with E-state index in [4.69, 9.17) is 35.7 Å². The summed E-state index contributed by atoms with van der Waals surface area (Å²) in [5.41, 5.74) is 0. The van der Waals surface area contributed by atoms with Crippen molar-refractivity contribution in [2.24, 2.45) is 0 Å². The Labute approximate surface area is 128 Å². The van der Waals surface area contributed by atoms with Crippen molar-refractivity contribution in [2.75, 3.05) is 6.61 Å². The molecule has 132 valence electrons. The van der Waals surface area contributed by atoms with Crippen molar-refractivity contribution in [1.82, 2.24) is 0 Å². The lowest BCUT2D eigenvalue weighted by Gasteiger charge is -2.23. The first-order valence-corrected chi connectivity index (χ1v) is 6.96. The lowest BCUT2D eigenvalue weighted by atomic mass is 10.0. The molecule has 0 amide bonds. The molecule has 7 N–H and O–H groups in total. The molecule has 0 saturated heterocycles. The van der Waals surface area contributed by atoms with Crippen LogP contribution in [0.25, 0.3) is 0 Å². The van der Waals surface area contributed by atoms with E-state index in [1.807, 2.05) is 0 Å². The smallest absolute Gasteiger partial charge is 0.335 e. The third kappa shape index (κ3) is 11.4. The second-order valence-corrected chi connectivity index (χ2v) is 4.72. The van der Waals surface area contributed by atoms with E-state index in [-0.39, 0.29) is 0 Å². The average Bonchev–Trinajstić information content (AvgIpc) is 2.48. The molecule has 0 aliphatic rings. The summed E-state index contributed by atoms with van der Waals surface area (Å²) < 4.78 is 0. The number of aliphatic hydroxyl groups excluding tert-OH is 5. The van der Waals surface area contributed by atoms with Crippen molar-refractivity contribution in [3.63, 3.8) is 0 Å². The van der Waals surface area contributed by atoms with Gasteiger partial charge in [-0.1, -0.05) is 26.2 Å². The molecule has 0 aliphatic heterocycles. The van der Waals surface area contributed by atoms with E-state index in [1.165, 1.54) is 6.42 Å². The van der Waals surface area contributed by atoms with Crippen molar-refractivity contribution in [3.8, 4) is 0 Å². The van der Waals surface area contributed by atoms with Crippen LogP contribution in [-0.4, -0.2) is 78.7 Å². The number of hydrogen-bond donors (Lipinski definition) is 7. The first-order valence-electron chi connectivity index (χ1n) is 6.96. The van der Waals surface area contributed by atoms with Crippen molar-refractivity contribution < 1.29 is 45.3 Å². The Bertz CT molecular complexity index is 308. The Morgan fingerprint density at radius 1 is 0.909 bits per heavy atom. The van der Waals surface area contributed by atoms with Gasteiger partial charge in [0.2, 0.25) is 0 Å². The third-order valence-electron chi connectivity index (χ3n) is 2.75. The van der Waals surface area contributed by atoms with Gasteiger partial charge < -0.3 is 35.7 Å². The highest BCUT2D eigenvalue weighted by molar-refractivity contribution is 5.72. The van der Waals surface area contributed by atoms with Gasteiger partial charge in [0.1, 0.15) is 18.3 Å². The number of carboxylic acids is 2. The SMILES string of the molecule is CCCCCCC(=O)O.O=C(O)C(O)C(O)C(O)C(O)CO. The molecule has 9 heteroatoms. The van der Waals surface area contributed by atoms with E-state index >= 15 is 0 Å². The molecule has 0 aromatic heterocycles. The predicted octanol–water partition coefficient (Wildman–Crippen LogP) is -1.45. The summed E-state index contributed by atoms with van der Waals surface area (Å²) in [5.74, 6) is -2.40. The Hall–Kier alpha value is -1.26. The van der Waals surface area contributed by atoms with Gasteiger partial charge >= 0.3 is 11.9 Å². The van der Waals surface area contributed by atoms with Crippen LogP contribution in [0.2, 0.25) is 0 Å². The number of carboxylic acid groups (broad SMARTS) is 2. The van der Waals surface area contributed by atoms with Gasteiger partial charge in [0.15, 0.2) is 6.10 Å². The molecular formula is C13H26O9. The Morgan fingerprint density at radius 3 is 1.82 bits per heavy atom. The zero-order chi connectivity index (χ0) is 17.7. The fraction of sp³-hybridized carbons (Fsp3) is 0.846. The maximum Gasteiger partial charge on any atom is 0.335 e. The number of rotatable bonds is 10. The third-order valence-corrected chi connectivity index (χ3v) is 2.75. The Balaban J connectivity index is 0. The zero-order valence-electron chi connectivity index (χ0n) is 12.5. The largest absolute Gasteiger partial charge is 0.481 e. The number of aliphatic hydroxyl groups is 5. The van der Waals surface area contributed by atoms with Crippen molar-refractivity contribution >= 4 is 11.9 Å². The molecule has 9 nitrogen and oxygen atoms in total. The Morgan fingerprint density at radius 2 is 1.45 bits per heavy atom. The summed E-state index contributed by atoms with van der Waals surface area (Å²) in [7, 11) is 0. The van der Waals surface area contributed by atoms with Crippen LogP contribution < -0.4 is 0 Å². The lowest BCUT2D eigenvalue weighted by Crippen LogP contribution is -2.48. The molecule has 0 fully saturated rings. The summed E-state index contributed by atoms with van der Waals surface area (Å²) in [4.78, 5) is 20.1. The number of carbonyl (C=O) groups is 2. The summed E-state index contributed by atoms with van der Waals surface area (Å²) in [5, 5.41) is 60.0. The quantitative estimate of drug-likeness (QED) is 0.237. The molecule has 4 unspecified atom stereocenters. The van der Waals surface area contributed by atoms with Crippen LogP contribution in [0.15, 0.2) is 0 Å². The summed E-state index contributed by atoms with van der Waals surface area (Å²) in [6.07, 6.45) is -3.28. The van der Waals surface area contributed by atoms with Gasteiger partial charge in [-0.2, -0.15) is 0 Å². The minimum absolute atomic E-state index is 0.333. The molecule has 0 aliphatic carbocycles. The molecule has 0 heterocycles. The van der Waals surface area contributed by atoms with Crippen molar-refractivity contribution in [3.05, 3.63) is 0 Å². The molecule has 0 radical (unpaired) electrons. The number of unbranched alkanes of at least 4 members (excludes halogenated alkanes) is 3. The highest BCUT2D eigenvalue weighted by Gasteiger charge is 2.33. The summed E-state index contributed by atoms with van der Waals surface area (Å²) in [6, 6.07) is 0. The fourth-order valence-electron chi connectivity index (χ4n) is 1.37. The fourth-order valence-corrected chi connectivity index (χ4v) is 1.37. The number of hydrogen-bond acceptors (Lipinski definition) is 7. The van der Waals surface area contributed by atoms with Crippen LogP contribution in [0.1, 0.15) is 39.0 Å². The van der Waals surface area contributed by atoms with E-state index in [9.17, 15) is 9.59 Å². The van der Waals surface area contributed by atoms with Crippen LogP contribution in [0.4, 0.5) is 0 Å². The van der Waals surface area contributed by atoms with E-state index in [0.717, 1.165) is 19.3 Å². The van der Waals surface area contributed by atoms with E-state index in [2.05, 4.69) is 6.92 Å². The molecule has 0 aromatic rings. The maximum atomic E-state index is 10.1. The monoisotopic (exact) mass is 326 g/mol. The van der Waals surface area contributed by atoms with Gasteiger partial charge in [-0.3, -0.25) is 4.79 Å². The van der Waals surface area contributed by atoms with Crippen LogP contribution in [0.5, 0.6) is 0 Å². The summed E-state index contributed by atoms with van der Waals surface area (Å²) >= 11 is 0. The standard InChI is InChI=1S/C7H14O2.C6H12O7/c1-2-3-4-5-6-7(8)9;7-1-2(8)3(9)4(10)5(11)6(12)13/h2-6H2,1H3,(H,8,9);2-5,7-11H,1H2,(H,12,13). The van der Waals surface area contributed by atoms with Gasteiger partial charge in [-0.15, -0.1) is 0 Å². The van der Waals surface area contributed by atoms with Gasteiger partial charge in [0.05, 0.1) is 6.61 Å². The van der Waals surface area contributed by atoms with Gasteiger partial charge in [0, 0.05) is 6.42 Å². The van der Waals surface area contributed by atoms with Crippen LogP contribution >= 0.6 is 0 Å². The molecule has 4 atom stereocenters. The maximum absolute atomic E-state index is 10.1. The molecule has 0 bridgehead atoms. The minimum Gasteiger partial charge on any atom is -0.481 e. The van der Waals surface area contributed by atoms with Crippen LogP contribution in [0.3, 0.4) is 0 Å². The topological polar surface area (TPSA) is 176 Å². The molecule has 0 rings (SSSR count). The van der Waals surface area contributed by atoms with E-state index in [1.54, 1.807) is 0 Å². The van der Waals surface area contributed by atoms with Crippen LogP contribution in [0, 0.1) is 0 Å². The molecule has 0 saturated carbocycles. The molecule has 22 heavy (non-hydrogen) atoms. The minimum atomic E-state index is -2.20. The van der Waals surface area contributed by atoms with E-state index in [0.29, 0.717) is 6.42 Å². The van der Waals surface area contributed by atoms with E-state index < -0.39 is 43.0 Å². The summed E-state index contributed by atoms with van der Waals surface area (Å²) in [6.45, 7) is 1.27. The van der Waals surface area contributed by atoms with Gasteiger partial charge in [-0.05, 0) is 6.42 Å². The molecular weight excluding hydrogens is 300 g/mol. The highest BCUT2D eigenvalue weighted by atomic mass is 16.4. The first-order chi connectivity index (χ1) is 10.2.